The van der Waals surface area contributed by atoms with Crippen molar-refractivity contribution in [2.45, 2.75) is 147 Å². The van der Waals surface area contributed by atoms with Crippen molar-refractivity contribution in [3.05, 3.63) is 10.4 Å². The zero-order chi connectivity index (χ0) is 28.3. The molecule has 0 aromatic rings. The molecule has 0 aromatic heterocycles. The highest BCUT2D eigenvalue weighted by atomic mass is 28.4. The standard InChI is InChI=1S/C25H53N3O6Si3/c1-10-35(11-2,12-3)32-21-20(19-27-28-26)31-24(25(29)30)23(34-37(16-7,17-8)18-9)22(21)33-36(13-4,14-5)15-6/h20-24H,10-19H2,1-9H3,(H,29,30)/t20-,21+,22+,23-,24?/m1/s1. The van der Waals surface area contributed by atoms with Gasteiger partial charge < -0.3 is 23.1 Å². The van der Waals surface area contributed by atoms with Crippen LogP contribution in [0.25, 0.3) is 10.4 Å². The van der Waals surface area contributed by atoms with Gasteiger partial charge in [-0.2, -0.15) is 0 Å². The van der Waals surface area contributed by atoms with E-state index in [2.05, 4.69) is 72.3 Å². The van der Waals surface area contributed by atoms with Gasteiger partial charge in [0.05, 0.1) is 18.8 Å². The Labute approximate surface area is 228 Å². The van der Waals surface area contributed by atoms with Crippen LogP contribution in [-0.4, -0.2) is 73.1 Å². The van der Waals surface area contributed by atoms with Crippen LogP contribution in [0.3, 0.4) is 0 Å². The molecule has 5 atom stereocenters. The molecule has 1 fully saturated rings. The van der Waals surface area contributed by atoms with Gasteiger partial charge in [-0.05, 0) is 59.9 Å². The van der Waals surface area contributed by atoms with Gasteiger partial charge in [0.2, 0.25) is 0 Å². The molecule has 1 aliphatic heterocycles. The van der Waals surface area contributed by atoms with E-state index in [1.54, 1.807) is 0 Å². The van der Waals surface area contributed by atoms with Crippen molar-refractivity contribution in [2.24, 2.45) is 5.11 Å². The number of carboxylic acid groups (broad SMARTS) is 1. The lowest BCUT2D eigenvalue weighted by Crippen LogP contribution is -2.68. The largest absolute Gasteiger partial charge is 0.479 e. The summed E-state index contributed by atoms with van der Waals surface area (Å²) >= 11 is 0. The molecule has 1 N–H and O–H groups in total. The molecule has 1 saturated heterocycles. The second-order valence-electron chi connectivity index (χ2n) is 10.3. The number of ether oxygens (including phenoxy) is 1. The molecule has 216 valence electrons. The maximum atomic E-state index is 12.6. The van der Waals surface area contributed by atoms with E-state index < -0.39 is 61.4 Å². The first kappa shape index (κ1) is 34.3. The Morgan fingerprint density at radius 2 is 1.08 bits per heavy atom. The first-order valence-corrected chi connectivity index (χ1v) is 22.1. The molecule has 9 nitrogen and oxygen atoms in total. The highest BCUT2D eigenvalue weighted by molar-refractivity contribution is 6.74. The molecule has 37 heavy (non-hydrogen) atoms. The van der Waals surface area contributed by atoms with E-state index >= 15 is 0 Å². The molecule has 0 amide bonds. The molecule has 0 saturated carbocycles. The number of carboxylic acids is 1. The van der Waals surface area contributed by atoms with Gasteiger partial charge in [-0.3, -0.25) is 0 Å². The lowest BCUT2D eigenvalue weighted by atomic mass is 9.95. The molecule has 12 heteroatoms. The molecule has 1 heterocycles. The number of rotatable bonds is 18. The smallest absolute Gasteiger partial charge is 0.335 e. The summed E-state index contributed by atoms with van der Waals surface area (Å²) in [4.78, 5) is 15.6. The highest BCUT2D eigenvalue weighted by Crippen LogP contribution is 2.39. The molecular formula is C25H53N3O6Si3. The van der Waals surface area contributed by atoms with Crippen molar-refractivity contribution in [1.82, 2.24) is 0 Å². The van der Waals surface area contributed by atoms with Crippen LogP contribution < -0.4 is 0 Å². The topological polar surface area (TPSA) is 123 Å². The van der Waals surface area contributed by atoms with Crippen LogP contribution >= 0.6 is 0 Å². The van der Waals surface area contributed by atoms with E-state index in [9.17, 15) is 9.90 Å². The van der Waals surface area contributed by atoms with Crippen molar-refractivity contribution in [2.75, 3.05) is 6.54 Å². The summed E-state index contributed by atoms with van der Waals surface area (Å²) in [7, 11) is -6.61. The third kappa shape index (κ3) is 8.14. The fourth-order valence-corrected chi connectivity index (χ4v) is 14.2. The molecular weight excluding hydrogens is 523 g/mol. The zero-order valence-electron chi connectivity index (χ0n) is 24.8. The summed E-state index contributed by atoms with van der Waals surface area (Å²) < 4.78 is 27.4. The second kappa shape index (κ2) is 15.8. The van der Waals surface area contributed by atoms with Crippen molar-refractivity contribution < 1.29 is 27.9 Å². The van der Waals surface area contributed by atoms with E-state index in [4.69, 9.17) is 23.5 Å². The van der Waals surface area contributed by atoms with Gasteiger partial charge in [0.15, 0.2) is 31.1 Å². The maximum absolute atomic E-state index is 12.6. The number of nitrogens with zero attached hydrogens (tertiary/aromatic N) is 3. The van der Waals surface area contributed by atoms with Gasteiger partial charge in [-0.25, -0.2) is 4.79 Å². The second-order valence-corrected chi connectivity index (χ2v) is 24.5. The number of azide groups is 1. The minimum Gasteiger partial charge on any atom is -0.479 e. The molecule has 1 aliphatic rings. The van der Waals surface area contributed by atoms with Crippen LogP contribution in [0.2, 0.25) is 54.4 Å². The first-order valence-electron chi connectivity index (χ1n) is 14.5. The Morgan fingerprint density at radius 3 is 1.41 bits per heavy atom. The number of carbonyl (C=O) groups is 1. The Bertz CT molecular complexity index is 718. The summed E-state index contributed by atoms with van der Waals surface area (Å²) in [6.45, 7) is 19.4. The van der Waals surface area contributed by atoms with Crippen molar-refractivity contribution in [1.29, 1.82) is 0 Å². The molecule has 0 spiro atoms. The van der Waals surface area contributed by atoms with Crippen LogP contribution in [0.1, 0.15) is 62.3 Å². The fraction of sp³-hybridized carbons (Fsp3) is 0.960. The van der Waals surface area contributed by atoms with E-state index in [0.717, 1.165) is 54.4 Å². The summed E-state index contributed by atoms with van der Waals surface area (Å²) in [6.07, 6.45) is -3.83. The summed E-state index contributed by atoms with van der Waals surface area (Å²) in [5.74, 6) is -1.07. The molecule has 1 rings (SSSR count). The Morgan fingerprint density at radius 1 is 0.730 bits per heavy atom. The van der Waals surface area contributed by atoms with Crippen LogP contribution in [-0.2, 0) is 22.8 Å². The molecule has 1 unspecified atom stereocenters. The first-order chi connectivity index (χ1) is 17.6. The maximum Gasteiger partial charge on any atom is 0.335 e. The average Bonchev–Trinajstić information content (AvgIpc) is 2.93. The fourth-order valence-electron chi connectivity index (χ4n) is 5.65. The minimum absolute atomic E-state index is 0.00398. The normalized spacial score (nSPS) is 25.1. The van der Waals surface area contributed by atoms with Crippen molar-refractivity contribution in [3.8, 4) is 0 Å². The third-order valence-corrected chi connectivity index (χ3v) is 23.1. The molecule has 0 radical (unpaired) electrons. The van der Waals surface area contributed by atoms with Crippen LogP contribution in [0.15, 0.2) is 5.11 Å². The zero-order valence-corrected chi connectivity index (χ0v) is 27.8. The number of hydrogen-bond donors (Lipinski definition) is 1. The van der Waals surface area contributed by atoms with E-state index in [-0.39, 0.29) is 6.54 Å². The van der Waals surface area contributed by atoms with Crippen molar-refractivity contribution >= 4 is 30.9 Å². The molecule has 0 bridgehead atoms. The van der Waals surface area contributed by atoms with Crippen LogP contribution in [0.4, 0.5) is 0 Å². The molecule has 0 aromatic carbocycles. The van der Waals surface area contributed by atoms with Gasteiger partial charge in [0.25, 0.3) is 0 Å². The van der Waals surface area contributed by atoms with E-state index in [1.165, 1.54) is 0 Å². The van der Waals surface area contributed by atoms with Gasteiger partial charge >= 0.3 is 5.97 Å². The Hall–Kier alpha value is -0.729. The van der Waals surface area contributed by atoms with Gasteiger partial charge in [-0.1, -0.05) is 67.4 Å². The van der Waals surface area contributed by atoms with Gasteiger partial charge in [-0.15, -0.1) is 0 Å². The Balaban J connectivity index is 3.84. The summed E-state index contributed by atoms with van der Waals surface area (Å²) in [5.41, 5.74) is 9.11. The predicted molar refractivity (Wildman–Crippen MR) is 157 cm³/mol. The van der Waals surface area contributed by atoms with Crippen LogP contribution in [0.5, 0.6) is 0 Å². The van der Waals surface area contributed by atoms with Gasteiger partial charge in [0.1, 0.15) is 12.2 Å². The molecule has 0 aliphatic carbocycles. The number of hydrogen-bond acceptors (Lipinski definition) is 6. The van der Waals surface area contributed by atoms with Crippen molar-refractivity contribution in [3.63, 3.8) is 0 Å². The summed E-state index contributed by atoms with van der Waals surface area (Å²) in [6, 6.07) is 8.22. The Kier molecular flexibility index (Phi) is 14.6. The number of aliphatic carboxylic acids is 1. The minimum atomic E-state index is -2.23. The predicted octanol–water partition coefficient (Wildman–Crippen LogP) is 7.32. The average molecular weight is 576 g/mol. The lowest BCUT2D eigenvalue weighted by molar-refractivity contribution is -0.215. The SMILES string of the molecule is CC[Si](CC)(CC)O[C@@H]1[C@H](O[Si](CC)(CC)CC)[C@@H](O[Si](CC)(CC)CC)C(C(=O)O)O[C@@H]1CN=[N+]=[N-]. The van der Waals surface area contributed by atoms with E-state index in [1.807, 2.05) is 0 Å². The quantitative estimate of drug-likeness (QED) is 0.0790. The summed E-state index contributed by atoms with van der Waals surface area (Å²) in [5, 5.41) is 14.2. The van der Waals surface area contributed by atoms with Gasteiger partial charge in [0, 0.05) is 4.91 Å². The van der Waals surface area contributed by atoms with Crippen LogP contribution in [0, 0.1) is 0 Å². The third-order valence-electron chi connectivity index (χ3n) is 9.16. The van der Waals surface area contributed by atoms with E-state index in [0.29, 0.717) is 0 Å². The lowest BCUT2D eigenvalue weighted by Gasteiger charge is -2.52. The monoisotopic (exact) mass is 575 g/mol. The highest BCUT2D eigenvalue weighted by Gasteiger charge is 2.55.